The molecular formula is C5H4INO. The number of nitrogens with zero attached hydrogens (tertiary/aromatic N) is 1. The minimum atomic E-state index is -0.0439. The van der Waals surface area contributed by atoms with E-state index < -0.39 is 0 Å². The van der Waals surface area contributed by atoms with Crippen LogP contribution in [0.1, 0.15) is 0 Å². The molecule has 0 fully saturated rings. The van der Waals surface area contributed by atoms with Gasteiger partial charge in [-0.1, -0.05) is 22.6 Å². The summed E-state index contributed by atoms with van der Waals surface area (Å²) in [6.07, 6.45) is 4.62. The average molecular weight is 221 g/mol. The van der Waals surface area contributed by atoms with Crippen molar-refractivity contribution in [1.82, 2.24) is 0 Å². The van der Waals surface area contributed by atoms with Crippen LogP contribution in [0.3, 0.4) is 0 Å². The van der Waals surface area contributed by atoms with Gasteiger partial charge in [0, 0.05) is 18.5 Å². The highest BCUT2D eigenvalue weighted by Gasteiger charge is 2.09. The molecule has 1 aliphatic heterocycles. The largest absolute Gasteiger partial charge is 0.293 e. The van der Waals surface area contributed by atoms with Crippen LogP contribution in [0.5, 0.6) is 0 Å². The lowest BCUT2D eigenvalue weighted by Crippen LogP contribution is -2.13. The highest BCUT2D eigenvalue weighted by atomic mass is 127. The second-order valence-corrected chi connectivity index (χ2v) is 2.76. The summed E-state index contributed by atoms with van der Waals surface area (Å²) in [5.41, 5.74) is 0. The summed E-state index contributed by atoms with van der Waals surface area (Å²) in [4.78, 5) is 14.4. The number of rotatable bonds is 0. The third-order valence-corrected chi connectivity index (χ3v) is 1.75. The third-order valence-electron chi connectivity index (χ3n) is 0.814. The number of carbonyl (C=O) groups is 1. The van der Waals surface area contributed by atoms with Crippen molar-refractivity contribution in [3.8, 4) is 0 Å². The fourth-order valence-corrected chi connectivity index (χ4v) is 0.800. The number of ketones is 1. The molecule has 0 aromatic rings. The van der Waals surface area contributed by atoms with Crippen molar-refractivity contribution in [1.29, 1.82) is 0 Å². The first-order chi connectivity index (χ1) is 3.80. The van der Waals surface area contributed by atoms with Gasteiger partial charge in [-0.2, -0.15) is 0 Å². The van der Waals surface area contributed by atoms with Crippen molar-refractivity contribution in [2.45, 2.75) is 3.92 Å². The van der Waals surface area contributed by atoms with Crippen LogP contribution in [-0.4, -0.2) is 15.9 Å². The Kier molecular flexibility index (Phi) is 1.77. The van der Waals surface area contributed by atoms with E-state index >= 15 is 0 Å². The van der Waals surface area contributed by atoms with Crippen LogP contribution in [0.25, 0.3) is 0 Å². The molecule has 0 N–H and O–H groups in total. The molecule has 2 nitrogen and oxygen atoms in total. The molecule has 0 aromatic heterocycles. The standard InChI is InChI=1S/C5H4INO/c6-4-3-7-2-1-5(4)8/h1-4H. The monoisotopic (exact) mass is 221 g/mol. The lowest BCUT2D eigenvalue weighted by molar-refractivity contribution is -0.112. The fraction of sp³-hybridized carbons (Fsp3) is 0.200. The Morgan fingerprint density at radius 1 is 1.75 bits per heavy atom. The summed E-state index contributed by atoms with van der Waals surface area (Å²) >= 11 is 2.03. The molecule has 0 aliphatic carbocycles. The maximum Gasteiger partial charge on any atom is 0.175 e. The number of aliphatic imine (C=N–C) groups is 1. The van der Waals surface area contributed by atoms with Crippen molar-refractivity contribution in [2.75, 3.05) is 0 Å². The average Bonchev–Trinajstić information content (AvgIpc) is 1.77. The molecule has 0 spiro atoms. The van der Waals surface area contributed by atoms with Crippen LogP contribution in [0.4, 0.5) is 0 Å². The zero-order valence-corrected chi connectivity index (χ0v) is 6.20. The number of hydrogen-bond donors (Lipinski definition) is 0. The Bertz CT molecular complexity index is 162. The second-order valence-electron chi connectivity index (χ2n) is 1.42. The maximum absolute atomic E-state index is 10.6. The summed E-state index contributed by atoms with van der Waals surface area (Å²) in [6, 6.07) is 0. The van der Waals surface area contributed by atoms with E-state index in [0.717, 1.165) is 0 Å². The van der Waals surface area contributed by atoms with Gasteiger partial charge in [0.25, 0.3) is 0 Å². The molecule has 3 heteroatoms. The predicted molar refractivity (Wildman–Crippen MR) is 40.4 cm³/mol. The van der Waals surface area contributed by atoms with Crippen molar-refractivity contribution < 1.29 is 4.79 Å². The van der Waals surface area contributed by atoms with Crippen LogP contribution >= 0.6 is 22.6 Å². The Hall–Kier alpha value is -0.190. The van der Waals surface area contributed by atoms with E-state index in [0.29, 0.717) is 0 Å². The van der Waals surface area contributed by atoms with Crippen molar-refractivity contribution >= 4 is 34.6 Å². The van der Waals surface area contributed by atoms with Gasteiger partial charge < -0.3 is 0 Å². The number of carbonyl (C=O) groups excluding carboxylic acids is 1. The molecule has 1 aliphatic rings. The van der Waals surface area contributed by atoms with Gasteiger partial charge in [-0.25, -0.2) is 0 Å². The molecule has 0 saturated heterocycles. The van der Waals surface area contributed by atoms with Gasteiger partial charge in [-0.05, 0) is 0 Å². The van der Waals surface area contributed by atoms with Gasteiger partial charge in [-0.3, -0.25) is 9.79 Å². The molecule has 8 heavy (non-hydrogen) atoms. The molecule has 1 unspecified atom stereocenters. The van der Waals surface area contributed by atoms with Gasteiger partial charge in [0.05, 0.1) is 0 Å². The summed E-state index contributed by atoms with van der Waals surface area (Å²) in [5.74, 6) is 0.126. The minimum Gasteiger partial charge on any atom is -0.293 e. The fourth-order valence-electron chi connectivity index (χ4n) is 0.407. The Morgan fingerprint density at radius 3 is 2.88 bits per heavy atom. The molecule has 0 aromatic carbocycles. The van der Waals surface area contributed by atoms with Crippen molar-refractivity contribution in [2.24, 2.45) is 4.99 Å². The molecule has 1 rings (SSSR count). The topological polar surface area (TPSA) is 29.4 Å². The summed E-state index contributed by atoms with van der Waals surface area (Å²) in [7, 11) is 0. The molecule has 42 valence electrons. The lowest BCUT2D eigenvalue weighted by atomic mass is 10.3. The van der Waals surface area contributed by atoms with E-state index in [1.807, 2.05) is 22.6 Å². The molecule has 0 radical (unpaired) electrons. The SMILES string of the molecule is O=C1C=CN=CC1I. The van der Waals surface area contributed by atoms with Gasteiger partial charge in [-0.15, -0.1) is 0 Å². The molecule has 1 atom stereocenters. The molecule has 0 amide bonds. The highest BCUT2D eigenvalue weighted by Crippen LogP contribution is 2.03. The van der Waals surface area contributed by atoms with Crippen molar-refractivity contribution in [3.05, 3.63) is 12.3 Å². The zero-order chi connectivity index (χ0) is 5.98. The molecule has 0 saturated carbocycles. The summed E-state index contributed by atoms with van der Waals surface area (Å²) in [5, 5.41) is 0. The van der Waals surface area contributed by atoms with E-state index in [-0.39, 0.29) is 9.71 Å². The quantitative estimate of drug-likeness (QED) is 0.442. The highest BCUT2D eigenvalue weighted by molar-refractivity contribution is 14.1. The summed E-state index contributed by atoms with van der Waals surface area (Å²) in [6.45, 7) is 0. The zero-order valence-electron chi connectivity index (χ0n) is 4.04. The van der Waals surface area contributed by atoms with E-state index in [9.17, 15) is 4.79 Å². The molecule has 1 heterocycles. The van der Waals surface area contributed by atoms with Crippen LogP contribution in [0, 0.1) is 0 Å². The minimum absolute atomic E-state index is 0.0439. The van der Waals surface area contributed by atoms with Gasteiger partial charge >= 0.3 is 0 Å². The lowest BCUT2D eigenvalue weighted by Gasteiger charge is -1.98. The molecular weight excluding hydrogens is 217 g/mol. The number of alkyl halides is 1. The number of allylic oxidation sites excluding steroid dienone is 1. The third kappa shape index (κ3) is 1.15. The first-order valence-corrected chi connectivity index (χ1v) is 3.43. The normalized spacial score (nSPS) is 26.6. The van der Waals surface area contributed by atoms with Gasteiger partial charge in [0.1, 0.15) is 3.92 Å². The molecule has 0 bridgehead atoms. The van der Waals surface area contributed by atoms with Gasteiger partial charge in [0.15, 0.2) is 5.78 Å². The second kappa shape index (κ2) is 2.39. The maximum atomic E-state index is 10.6. The van der Waals surface area contributed by atoms with Crippen LogP contribution in [0.15, 0.2) is 17.3 Å². The van der Waals surface area contributed by atoms with Crippen LogP contribution in [0.2, 0.25) is 0 Å². The van der Waals surface area contributed by atoms with E-state index in [2.05, 4.69) is 4.99 Å². The van der Waals surface area contributed by atoms with Crippen LogP contribution < -0.4 is 0 Å². The van der Waals surface area contributed by atoms with E-state index in [4.69, 9.17) is 0 Å². The van der Waals surface area contributed by atoms with Crippen molar-refractivity contribution in [3.63, 3.8) is 0 Å². The van der Waals surface area contributed by atoms with E-state index in [1.54, 1.807) is 6.21 Å². The first-order valence-electron chi connectivity index (χ1n) is 2.18. The smallest absolute Gasteiger partial charge is 0.175 e. The Balaban J connectivity index is 2.74. The Labute approximate surface area is 60.8 Å². The number of hydrogen-bond acceptors (Lipinski definition) is 2. The predicted octanol–water partition coefficient (Wildman–Crippen LogP) is 0.957. The van der Waals surface area contributed by atoms with Crippen LogP contribution in [-0.2, 0) is 4.79 Å². The summed E-state index contributed by atoms with van der Waals surface area (Å²) < 4.78 is -0.0439. The first kappa shape index (κ1) is 5.94. The number of halogens is 1. The van der Waals surface area contributed by atoms with E-state index in [1.165, 1.54) is 12.3 Å². The Morgan fingerprint density at radius 2 is 2.50 bits per heavy atom. The van der Waals surface area contributed by atoms with Gasteiger partial charge in [0.2, 0.25) is 0 Å².